The van der Waals surface area contributed by atoms with Crippen LogP contribution in [0.3, 0.4) is 0 Å². The predicted octanol–water partition coefficient (Wildman–Crippen LogP) is 7.11. The second kappa shape index (κ2) is 31.9. The highest BCUT2D eigenvalue weighted by Gasteiger charge is 2.44. The van der Waals surface area contributed by atoms with E-state index < -0.39 is 49.5 Å². The van der Waals surface area contributed by atoms with Crippen molar-refractivity contribution in [2.75, 3.05) is 13.2 Å². The first-order chi connectivity index (χ1) is 24.3. The van der Waals surface area contributed by atoms with Crippen molar-refractivity contribution in [2.24, 2.45) is 0 Å². The second-order valence-electron chi connectivity index (χ2n) is 13.7. The highest BCUT2D eigenvalue weighted by Crippen LogP contribution is 2.23. The molecule has 1 rings (SSSR count). The largest absolute Gasteiger partial charge is 0.394 e. The fourth-order valence-electron chi connectivity index (χ4n) is 5.99. The van der Waals surface area contributed by atoms with Crippen molar-refractivity contribution in [3.8, 4) is 0 Å². The van der Waals surface area contributed by atoms with Crippen molar-refractivity contribution >= 4 is 5.91 Å². The van der Waals surface area contributed by atoms with E-state index >= 15 is 0 Å². The summed E-state index contributed by atoms with van der Waals surface area (Å²) in [6.07, 6.45) is 31.3. The molecule has 0 aromatic rings. The third-order valence-corrected chi connectivity index (χ3v) is 9.21. The van der Waals surface area contributed by atoms with Crippen molar-refractivity contribution in [3.63, 3.8) is 0 Å². The number of unbranched alkanes of at least 4 members (excludes halogenated alkanes) is 13. The van der Waals surface area contributed by atoms with Gasteiger partial charge in [0.2, 0.25) is 5.91 Å². The van der Waals surface area contributed by atoms with Gasteiger partial charge < -0.3 is 40.3 Å². The Bertz CT molecular complexity index is 920. The van der Waals surface area contributed by atoms with Crippen LogP contribution in [-0.4, -0.2) is 87.5 Å². The average molecular weight is 708 g/mol. The minimum atomic E-state index is -1.56. The third-order valence-electron chi connectivity index (χ3n) is 9.21. The average Bonchev–Trinajstić information content (AvgIpc) is 3.11. The standard InChI is InChI=1S/C41H73NO8/c1-3-5-7-9-11-13-15-17-19-20-22-24-26-28-30-35(44)34(33-49-41-40(48)39(47)38(46)36(32-43)50-41)42-37(45)31-29-27-25-23-21-18-16-14-12-10-8-6-4-2/h6,8,12,14,18,21,25,27,34-36,38-41,43-44,46-48H,3-5,7,9-11,13,15-17,19-20,22-24,26,28-33H2,1-2H3,(H,42,45)/b8-6-,14-12-,21-18-,27-25-. The Morgan fingerprint density at radius 2 is 1.20 bits per heavy atom. The number of nitrogens with one attached hydrogen (secondary N) is 1. The first-order valence-corrected chi connectivity index (χ1v) is 19.8. The SMILES string of the molecule is CC/C=C\C/C=C\C/C=C\C/C=C\CCC(=O)NC(COC1OC(CO)C(O)C(O)C1O)C(O)CCCCCCCCCCCCCCCC. The molecule has 0 aromatic heterocycles. The highest BCUT2D eigenvalue weighted by atomic mass is 16.7. The number of rotatable bonds is 31. The number of aliphatic hydroxyl groups is 5. The zero-order valence-electron chi connectivity index (χ0n) is 31.4. The monoisotopic (exact) mass is 708 g/mol. The molecule has 0 aliphatic carbocycles. The van der Waals surface area contributed by atoms with Crippen LogP contribution in [0.1, 0.15) is 149 Å². The summed E-state index contributed by atoms with van der Waals surface area (Å²) < 4.78 is 11.2. The number of aliphatic hydroxyl groups excluding tert-OH is 5. The van der Waals surface area contributed by atoms with Crippen molar-refractivity contribution in [3.05, 3.63) is 48.6 Å². The Balaban J connectivity index is 2.47. The molecule has 7 unspecified atom stereocenters. The summed E-state index contributed by atoms with van der Waals surface area (Å²) in [7, 11) is 0. The summed E-state index contributed by atoms with van der Waals surface area (Å²) in [6.45, 7) is 3.64. The van der Waals surface area contributed by atoms with Gasteiger partial charge in [0.1, 0.15) is 24.4 Å². The summed E-state index contributed by atoms with van der Waals surface area (Å²) in [5.41, 5.74) is 0. The third kappa shape index (κ3) is 22.9. The number of amides is 1. The maximum atomic E-state index is 12.8. The smallest absolute Gasteiger partial charge is 0.220 e. The van der Waals surface area contributed by atoms with Gasteiger partial charge in [-0.1, -0.05) is 152 Å². The Labute approximate surface area is 303 Å². The number of allylic oxidation sites excluding steroid dienone is 8. The lowest BCUT2D eigenvalue weighted by molar-refractivity contribution is -0.302. The summed E-state index contributed by atoms with van der Waals surface area (Å²) >= 11 is 0. The van der Waals surface area contributed by atoms with E-state index in [1.165, 1.54) is 70.6 Å². The van der Waals surface area contributed by atoms with Crippen LogP contribution in [0.2, 0.25) is 0 Å². The van der Waals surface area contributed by atoms with Gasteiger partial charge in [-0.25, -0.2) is 0 Å². The van der Waals surface area contributed by atoms with Crippen LogP contribution in [0, 0.1) is 0 Å². The van der Waals surface area contributed by atoms with Gasteiger partial charge in [0, 0.05) is 6.42 Å². The van der Waals surface area contributed by atoms with Crippen LogP contribution < -0.4 is 5.32 Å². The minimum Gasteiger partial charge on any atom is -0.394 e. The predicted molar refractivity (Wildman–Crippen MR) is 203 cm³/mol. The van der Waals surface area contributed by atoms with Gasteiger partial charge in [-0.3, -0.25) is 4.79 Å². The van der Waals surface area contributed by atoms with E-state index in [2.05, 4.69) is 55.6 Å². The number of ether oxygens (including phenoxy) is 2. The van der Waals surface area contributed by atoms with Gasteiger partial charge >= 0.3 is 0 Å². The molecular weight excluding hydrogens is 634 g/mol. The topological polar surface area (TPSA) is 149 Å². The molecule has 1 saturated heterocycles. The van der Waals surface area contributed by atoms with Crippen LogP contribution in [0.15, 0.2) is 48.6 Å². The fourth-order valence-corrected chi connectivity index (χ4v) is 5.99. The minimum absolute atomic E-state index is 0.168. The summed E-state index contributed by atoms with van der Waals surface area (Å²) in [5, 5.41) is 54.0. The van der Waals surface area contributed by atoms with Gasteiger partial charge in [-0.15, -0.1) is 0 Å². The van der Waals surface area contributed by atoms with Crippen LogP contribution in [0.4, 0.5) is 0 Å². The second-order valence-corrected chi connectivity index (χ2v) is 13.7. The first-order valence-electron chi connectivity index (χ1n) is 19.8. The van der Waals surface area contributed by atoms with Crippen LogP contribution in [0.5, 0.6) is 0 Å². The molecule has 9 nitrogen and oxygen atoms in total. The van der Waals surface area contributed by atoms with Gasteiger partial charge in [0.05, 0.1) is 25.4 Å². The van der Waals surface area contributed by atoms with Gasteiger partial charge in [0.25, 0.3) is 0 Å². The molecule has 1 amide bonds. The molecule has 0 bridgehead atoms. The molecule has 0 spiro atoms. The molecule has 290 valence electrons. The van der Waals surface area contributed by atoms with Crippen molar-refractivity contribution in [1.29, 1.82) is 0 Å². The quantitative estimate of drug-likeness (QED) is 0.0330. The van der Waals surface area contributed by atoms with Crippen LogP contribution in [-0.2, 0) is 14.3 Å². The Hall–Kier alpha value is -1.85. The molecule has 6 N–H and O–H groups in total. The fraction of sp³-hybridized carbons (Fsp3) is 0.780. The molecule has 1 fully saturated rings. The highest BCUT2D eigenvalue weighted by molar-refractivity contribution is 5.76. The summed E-state index contributed by atoms with van der Waals surface area (Å²) in [4.78, 5) is 12.8. The van der Waals surface area contributed by atoms with Crippen molar-refractivity contribution in [2.45, 2.75) is 192 Å². The van der Waals surface area contributed by atoms with E-state index in [9.17, 15) is 30.3 Å². The summed E-state index contributed by atoms with van der Waals surface area (Å²) in [5.74, 6) is -0.227. The molecule has 9 heteroatoms. The lowest BCUT2D eigenvalue weighted by Crippen LogP contribution is -2.60. The maximum Gasteiger partial charge on any atom is 0.220 e. The van der Waals surface area contributed by atoms with Crippen LogP contribution in [0.25, 0.3) is 0 Å². The molecule has 50 heavy (non-hydrogen) atoms. The van der Waals surface area contributed by atoms with E-state index in [-0.39, 0.29) is 18.9 Å². The summed E-state index contributed by atoms with van der Waals surface area (Å²) in [6, 6.07) is -0.755. The molecule has 1 heterocycles. The van der Waals surface area contributed by atoms with E-state index in [4.69, 9.17) is 9.47 Å². The normalized spacial score (nSPS) is 22.7. The van der Waals surface area contributed by atoms with Crippen LogP contribution >= 0.6 is 0 Å². The maximum absolute atomic E-state index is 12.8. The van der Waals surface area contributed by atoms with Crippen molar-refractivity contribution < 1.29 is 39.8 Å². The van der Waals surface area contributed by atoms with E-state index in [0.717, 1.165) is 44.9 Å². The number of hydrogen-bond donors (Lipinski definition) is 6. The number of carbonyl (C=O) groups is 1. The van der Waals surface area contributed by atoms with E-state index in [1.54, 1.807) is 0 Å². The number of carbonyl (C=O) groups excluding carboxylic acids is 1. The first kappa shape index (κ1) is 46.2. The Morgan fingerprint density at radius 3 is 1.72 bits per heavy atom. The molecule has 1 aliphatic heterocycles. The molecule has 0 aromatic carbocycles. The van der Waals surface area contributed by atoms with E-state index in [1.807, 2.05) is 12.2 Å². The molecular formula is C41H73NO8. The van der Waals surface area contributed by atoms with Gasteiger partial charge in [-0.05, 0) is 38.5 Å². The van der Waals surface area contributed by atoms with Crippen molar-refractivity contribution in [1.82, 2.24) is 5.32 Å². The zero-order valence-corrected chi connectivity index (χ0v) is 31.4. The molecule has 7 atom stereocenters. The molecule has 0 radical (unpaired) electrons. The zero-order chi connectivity index (χ0) is 36.7. The number of hydrogen-bond acceptors (Lipinski definition) is 8. The molecule has 1 aliphatic rings. The lowest BCUT2D eigenvalue weighted by atomic mass is 9.99. The van der Waals surface area contributed by atoms with Gasteiger partial charge in [-0.2, -0.15) is 0 Å². The Morgan fingerprint density at radius 1 is 0.700 bits per heavy atom. The lowest BCUT2D eigenvalue weighted by Gasteiger charge is -2.40. The van der Waals surface area contributed by atoms with Gasteiger partial charge in [0.15, 0.2) is 6.29 Å². The van der Waals surface area contributed by atoms with E-state index in [0.29, 0.717) is 12.8 Å². The molecule has 0 saturated carbocycles. The Kier molecular flexibility index (Phi) is 29.4.